The molecule has 1 unspecified atom stereocenters. The maximum Gasteiger partial charge on any atom is 0.340 e. The van der Waals surface area contributed by atoms with Gasteiger partial charge in [0.05, 0.1) is 41.4 Å². The van der Waals surface area contributed by atoms with Crippen molar-refractivity contribution in [3.63, 3.8) is 0 Å². The van der Waals surface area contributed by atoms with E-state index in [-0.39, 0.29) is 36.4 Å². The van der Waals surface area contributed by atoms with Crippen molar-refractivity contribution >= 4 is 17.8 Å². The summed E-state index contributed by atoms with van der Waals surface area (Å²) in [6.45, 7) is 4.42. The van der Waals surface area contributed by atoms with Gasteiger partial charge in [0.1, 0.15) is 11.9 Å². The highest BCUT2D eigenvalue weighted by Crippen LogP contribution is 2.41. The molecule has 2 saturated carbocycles. The third-order valence-corrected chi connectivity index (χ3v) is 9.51. The number of benzene rings is 1. The lowest BCUT2D eigenvalue weighted by Crippen LogP contribution is -2.23. The van der Waals surface area contributed by atoms with Crippen LogP contribution in [0.15, 0.2) is 47.1 Å². The lowest BCUT2D eigenvalue weighted by molar-refractivity contribution is 0.0316. The monoisotopic (exact) mass is 597 g/mol. The summed E-state index contributed by atoms with van der Waals surface area (Å²) in [7, 11) is 0. The van der Waals surface area contributed by atoms with Crippen LogP contribution in [0.25, 0.3) is 11.1 Å². The van der Waals surface area contributed by atoms with E-state index in [1.165, 1.54) is 32.1 Å². The quantitative estimate of drug-likeness (QED) is 0.237. The number of nitrogens with zero attached hydrogens (tertiary/aromatic N) is 1. The number of rotatable bonds is 10. The fraction of sp³-hybridized carbons (Fsp3) is 0.500. The van der Waals surface area contributed by atoms with E-state index in [0.29, 0.717) is 51.6 Å². The molecule has 3 aromatic rings. The number of aromatic nitrogens is 1. The fourth-order valence-electron chi connectivity index (χ4n) is 7.07. The molecule has 3 aliphatic rings. The van der Waals surface area contributed by atoms with Crippen molar-refractivity contribution in [3.8, 4) is 11.1 Å². The molecule has 8 nitrogen and oxygen atoms in total. The molecular formula is C36H43N3O5. The van der Waals surface area contributed by atoms with Crippen LogP contribution in [0.1, 0.15) is 132 Å². The van der Waals surface area contributed by atoms with Gasteiger partial charge in [0.25, 0.3) is 11.8 Å². The highest BCUT2D eigenvalue weighted by Gasteiger charge is 2.39. The van der Waals surface area contributed by atoms with Crippen LogP contribution in [0, 0.1) is 11.8 Å². The Kier molecular flexibility index (Phi) is 9.14. The molecule has 0 spiro atoms. The highest BCUT2D eigenvalue weighted by atomic mass is 16.5. The lowest BCUT2D eigenvalue weighted by atomic mass is 9.84. The topological polar surface area (TPSA) is 111 Å². The number of carbonyl (C=O) groups excluding carboxylic acids is 3. The zero-order valence-corrected chi connectivity index (χ0v) is 25.8. The number of nitrogens with one attached hydrogen (secondary N) is 2. The third kappa shape index (κ3) is 6.44. The van der Waals surface area contributed by atoms with Crippen molar-refractivity contribution in [2.24, 2.45) is 11.8 Å². The van der Waals surface area contributed by atoms with Crippen LogP contribution >= 0.6 is 0 Å². The standard InChI is InChI=1S/C36H43N3O5/c1-22(2)32-33-31(35(41)39-32)29(24-15-17-25(18-16-24)34(40)37-21-27-13-8-20-43-27)30(36(42)44-26-11-6-7-12-26)28(38-33)19-14-23-9-4-3-5-10-23/h8,13,15-18,20,22-23,26,32H,3-7,9-12,14,19,21H2,1-2H3,(H,37,40)(H,39,41). The van der Waals surface area contributed by atoms with Crippen LogP contribution < -0.4 is 10.6 Å². The Morgan fingerprint density at radius 1 is 1.00 bits per heavy atom. The predicted octanol–water partition coefficient (Wildman–Crippen LogP) is 7.32. The number of ether oxygens (including phenoxy) is 1. The molecule has 8 heteroatoms. The Morgan fingerprint density at radius 3 is 2.41 bits per heavy atom. The van der Waals surface area contributed by atoms with Gasteiger partial charge in [-0.15, -0.1) is 0 Å². The average Bonchev–Trinajstić information content (AvgIpc) is 3.81. The number of furan rings is 1. The molecule has 1 aromatic carbocycles. The molecule has 0 saturated heterocycles. The van der Waals surface area contributed by atoms with Crippen LogP contribution in [0.4, 0.5) is 0 Å². The van der Waals surface area contributed by atoms with Crippen LogP contribution in [0.3, 0.4) is 0 Å². The van der Waals surface area contributed by atoms with Crippen LogP contribution in [-0.4, -0.2) is 28.9 Å². The van der Waals surface area contributed by atoms with Crippen molar-refractivity contribution in [2.75, 3.05) is 0 Å². The number of amides is 2. The van der Waals surface area contributed by atoms with Crippen LogP contribution in [0.2, 0.25) is 0 Å². The maximum absolute atomic E-state index is 14.1. The second kappa shape index (κ2) is 13.4. The van der Waals surface area contributed by atoms with Crippen molar-refractivity contribution in [1.82, 2.24) is 15.6 Å². The summed E-state index contributed by atoms with van der Waals surface area (Å²) in [4.78, 5) is 45.7. The molecule has 1 aliphatic heterocycles. The van der Waals surface area contributed by atoms with E-state index in [1.807, 2.05) is 12.1 Å². The Bertz CT molecular complexity index is 1480. The van der Waals surface area contributed by atoms with Gasteiger partial charge in [-0.2, -0.15) is 0 Å². The van der Waals surface area contributed by atoms with Gasteiger partial charge in [0, 0.05) is 11.1 Å². The van der Waals surface area contributed by atoms with Gasteiger partial charge in [-0.25, -0.2) is 4.79 Å². The zero-order valence-electron chi connectivity index (χ0n) is 25.8. The van der Waals surface area contributed by atoms with Gasteiger partial charge in [-0.05, 0) is 80.2 Å². The molecule has 2 aliphatic carbocycles. The van der Waals surface area contributed by atoms with Gasteiger partial charge in [-0.3, -0.25) is 14.6 Å². The molecule has 2 amide bonds. The molecule has 3 heterocycles. The molecule has 44 heavy (non-hydrogen) atoms. The number of aryl methyl sites for hydroxylation is 1. The smallest absolute Gasteiger partial charge is 0.340 e. The summed E-state index contributed by atoms with van der Waals surface area (Å²) in [6.07, 6.45) is 13.1. The Balaban J connectivity index is 1.40. The molecule has 0 bridgehead atoms. The molecule has 0 radical (unpaired) electrons. The van der Waals surface area contributed by atoms with Gasteiger partial charge < -0.3 is 19.8 Å². The SMILES string of the molecule is CC(C)C1NC(=O)c2c1nc(CCC1CCCCC1)c(C(=O)OC1CCCC1)c2-c1ccc(C(=O)NCc2ccco2)cc1. The number of fused-ring (bicyclic) bond motifs is 1. The first-order chi connectivity index (χ1) is 21.4. The van der Waals surface area contributed by atoms with E-state index in [2.05, 4.69) is 24.5 Å². The highest BCUT2D eigenvalue weighted by molar-refractivity contribution is 6.11. The van der Waals surface area contributed by atoms with Gasteiger partial charge >= 0.3 is 5.97 Å². The summed E-state index contributed by atoms with van der Waals surface area (Å²) in [6, 6.07) is 10.5. The summed E-state index contributed by atoms with van der Waals surface area (Å²) in [5.41, 5.74) is 4.01. The molecular weight excluding hydrogens is 554 g/mol. The largest absolute Gasteiger partial charge is 0.467 e. The van der Waals surface area contributed by atoms with E-state index in [1.54, 1.807) is 30.5 Å². The second-order valence-electron chi connectivity index (χ2n) is 13.0. The molecule has 232 valence electrons. The molecule has 1 atom stereocenters. The number of esters is 1. The first-order valence-corrected chi connectivity index (χ1v) is 16.4. The van der Waals surface area contributed by atoms with Gasteiger partial charge in [0.2, 0.25) is 0 Å². The van der Waals surface area contributed by atoms with Gasteiger partial charge in [0.15, 0.2) is 0 Å². The second-order valence-corrected chi connectivity index (χ2v) is 13.0. The van der Waals surface area contributed by atoms with Crippen LogP contribution in [-0.2, 0) is 17.7 Å². The van der Waals surface area contributed by atoms with Crippen molar-refractivity contribution in [2.45, 2.75) is 103 Å². The van der Waals surface area contributed by atoms with E-state index >= 15 is 0 Å². The number of pyridine rings is 1. The minimum absolute atomic E-state index is 0.118. The summed E-state index contributed by atoms with van der Waals surface area (Å²) in [5.74, 6) is 0.541. The van der Waals surface area contributed by atoms with Crippen LogP contribution in [0.5, 0.6) is 0 Å². The molecule has 6 rings (SSSR count). The molecule has 2 fully saturated rings. The summed E-state index contributed by atoms with van der Waals surface area (Å²) < 4.78 is 11.4. The number of hydrogen-bond donors (Lipinski definition) is 2. The van der Waals surface area contributed by atoms with E-state index in [9.17, 15) is 14.4 Å². The Hall–Kier alpha value is -3.94. The first-order valence-electron chi connectivity index (χ1n) is 16.4. The van der Waals surface area contributed by atoms with Gasteiger partial charge in [-0.1, -0.05) is 58.1 Å². The summed E-state index contributed by atoms with van der Waals surface area (Å²) >= 11 is 0. The number of hydrogen-bond acceptors (Lipinski definition) is 6. The average molecular weight is 598 g/mol. The minimum Gasteiger partial charge on any atom is -0.467 e. The fourth-order valence-corrected chi connectivity index (χ4v) is 7.07. The lowest BCUT2D eigenvalue weighted by Gasteiger charge is -2.24. The number of carbonyl (C=O) groups is 3. The van der Waals surface area contributed by atoms with Crippen molar-refractivity contribution in [1.29, 1.82) is 0 Å². The minimum atomic E-state index is -0.401. The third-order valence-electron chi connectivity index (χ3n) is 9.51. The van der Waals surface area contributed by atoms with Crippen molar-refractivity contribution in [3.05, 3.63) is 76.5 Å². The maximum atomic E-state index is 14.1. The molecule has 2 aromatic heterocycles. The van der Waals surface area contributed by atoms with E-state index in [4.69, 9.17) is 14.1 Å². The van der Waals surface area contributed by atoms with Crippen molar-refractivity contribution < 1.29 is 23.5 Å². The Labute approximate surface area is 259 Å². The van der Waals surface area contributed by atoms with E-state index in [0.717, 1.165) is 37.8 Å². The first kappa shape index (κ1) is 30.1. The molecule has 2 N–H and O–H groups in total. The normalized spacial score (nSPS) is 18.8. The Morgan fingerprint density at radius 2 is 1.73 bits per heavy atom. The predicted molar refractivity (Wildman–Crippen MR) is 167 cm³/mol. The van der Waals surface area contributed by atoms with E-state index < -0.39 is 5.97 Å². The summed E-state index contributed by atoms with van der Waals surface area (Å²) in [5, 5.41) is 6.01. The zero-order chi connectivity index (χ0) is 30.6.